The summed E-state index contributed by atoms with van der Waals surface area (Å²) >= 11 is 0. The van der Waals surface area contributed by atoms with E-state index >= 15 is 0 Å². The van der Waals surface area contributed by atoms with E-state index in [1.165, 1.54) is 0 Å². The molecule has 1 N–H and O–H groups in total. The lowest BCUT2D eigenvalue weighted by Gasteiger charge is -2.11. The van der Waals surface area contributed by atoms with Crippen molar-refractivity contribution >= 4 is 12.0 Å². The maximum atomic E-state index is 10.3. The van der Waals surface area contributed by atoms with Crippen LogP contribution in [0.15, 0.2) is 35.9 Å². The highest BCUT2D eigenvalue weighted by Gasteiger charge is 2.00. The Kier molecular flexibility index (Phi) is 6.04. The van der Waals surface area contributed by atoms with Crippen LogP contribution in [0, 0.1) is 0 Å². The molecule has 0 saturated carbocycles. The number of carbonyl (C=O) groups excluding carboxylic acids is 1. The first-order valence-electron chi connectivity index (χ1n) is 5.78. The predicted molar refractivity (Wildman–Crippen MR) is 70.1 cm³/mol. The van der Waals surface area contributed by atoms with Gasteiger partial charge >= 0.3 is 0 Å². The Hall–Kier alpha value is -1.61. The molecule has 0 aliphatic carbocycles. The summed E-state index contributed by atoms with van der Waals surface area (Å²) in [5, 5.41) is 3.30. The lowest BCUT2D eigenvalue weighted by Crippen LogP contribution is -2.06. The van der Waals surface area contributed by atoms with Gasteiger partial charge in [-0.2, -0.15) is 0 Å². The molecule has 3 heteroatoms. The van der Waals surface area contributed by atoms with E-state index in [0.717, 1.165) is 23.1 Å². The van der Waals surface area contributed by atoms with E-state index in [9.17, 15) is 4.79 Å². The molecule has 92 valence electrons. The van der Waals surface area contributed by atoms with E-state index in [0.29, 0.717) is 19.8 Å². The minimum absolute atomic E-state index is 0.607. The van der Waals surface area contributed by atoms with Gasteiger partial charge in [-0.05, 0) is 26.0 Å². The highest BCUT2D eigenvalue weighted by Crippen LogP contribution is 2.16. The molecule has 0 fully saturated rings. The molecule has 0 heterocycles. The van der Waals surface area contributed by atoms with Crippen LogP contribution in [-0.4, -0.2) is 19.4 Å². The fourth-order valence-corrected chi connectivity index (χ4v) is 1.44. The van der Waals surface area contributed by atoms with Crippen LogP contribution in [0.25, 0.3) is 0 Å². The number of carbonyl (C=O) groups is 1. The third kappa shape index (κ3) is 4.83. The lowest BCUT2D eigenvalue weighted by molar-refractivity contribution is -0.104. The van der Waals surface area contributed by atoms with Gasteiger partial charge in [-0.3, -0.25) is 4.79 Å². The van der Waals surface area contributed by atoms with Gasteiger partial charge in [0.15, 0.2) is 0 Å². The van der Waals surface area contributed by atoms with Crippen LogP contribution in [0.5, 0.6) is 0 Å². The van der Waals surface area contributed by atoms with Crippen molar-refractivity contribution in [3.05, 3.63) is 41.5 Å². The average molecular weight is 233 g/mol. The van der Waals surface area contributed by atoms with Gasteiger partial charge in [0.25, 0.3) is 0 Å². The van der Waals surface area contributed by atoms with Crippen LogP contribution in [-0.2, 0) is 16.1 Å². The molecule has 1 rings (SSSR count). The summed E-state index contributed by atoms with van der Waals surface area (Å²) in [5.74, 6) is 0. The van der Waals surface area contributed by atoms with E-state index in [4.69, 9.17) is 4.74 Å². The van der Waals surface area contributed by atoms with Crippen molar-refractivity contribution in [1.82, 2.24) is 0 Å². The van der Waals surface area contributed by atoms with E-state index in [1.54, 1.807) is 6.08 Å². The number of para-hydroxylation sites is 1. The second-order valence-corrected chi connectivity index (χ2v) is 3.80. The van der Waals surface area contributed by atoms with E-state index < -0.39 is 0 Å². The molecule has 0 aliphatic rings. The zero-order valence-corrected chi connectivity index (χ0v) is 10.4. The SMILES string of the molecule is CCOCc1ccccc1NC/C(C)=C/C=O. The van der Waals surface area contributed by atoms with Crippen molar-refractivity contribution in [2.24, 2.45) is 0 Å². The standard InChI is InChI=1S/C14H19NO2/c1-3-17-11-13-6-4-5-7-14(13)15-10-12(2)8-9-16/h4-9,15H,3,10-11H2,1-2H3/b12-8+. The molecule has 3 nitrogen and oxygen atoms in total. The molecule has 0 aliphatic heterocycles. The molecule has 0 atom stereocenters. The van der Waals surface area contributed by atoms with Crippen LogP contribution < -0.4 is 5.32 Å². The number of allylic oxidation sites excluding steroid dienone is 1. The number of nitrogens with one attached hydrogen (secondary N) is 1. The molecule has 0 amide bonds. The van der Waals surface area contributed by atoms with E-state index in [-0.39, 0.29) is 0 Å². The Morgan fingerprint density at radius 2 is 2.18 bits per heavy atom. The van der Waals surface area contributed by atoms with Crippen LogP contribution >= 0.6 is 0 Å². The minimum atomic E-state index is 0.607. The Morgan fingerprint density at radius 3 is 2.88 bits per heavy atom. The normalized spacial score (nSPS) is 11.3. The average Bonchev–Trinajstić information content (AvgIpc) is 2.35. The first-order chi connectivity index (χ1) is 8.27. The first-order valence-corrected chi connectivity index (χ1v) is 5.78. The second kappa shape index (κ2) is 7.63. The van der Waals surface area contributed by atoms with Gasteiger partial charge in [0, 0.05) is 24.4 Å². The number of benzene rings is 1. The quantitative estimate of drug-likeness (QED) is 0.581. The van der Waals surface area contributed by atoms with Gasteiger partial charge < -0.3 is 10.1 Å². The van der Waals surface area contributed by atoms with Gasteiger partial charge in [-0.1, -0.05) is 23.8 Å². The summed E-state index contributed by atoms with van der Waals surface area (Å²) in [4.78, 5) is 10.3. The maximum Gasteiger partial charge on any atom is 0.142 e. The summed E-state index contributed by atoms with van der Waals surface area (Å²) in [6, 6.07) is 8.03. The van der Waals surface area contributed by atoms with Gasteiger partial charge in [0.1, 0.15) is 6.29 Å². The highest BCUT2D eigenvalue weighted by molar-refractivity contribution is 5.66. The Labute approximate surface area is 102 Å². The molecule has 0 aromatic heterocycles. The first kappa shape index (κ1) is 13.5. The zero-order chi connectivity index (χ0) is 12.5. The van der Waals surface area contributed by atoms with Crippen molar-refractivity contribution in [1.29, 1.82) is 0 Å². The molecule has 0 bridgehead atoms. The third-order valence-electron chi connectivity index (χ3n) is 2.39. The smallest absolute Gasteiger partial charge is 0.142 e. The number of ether oxygens (including phenoxy) is 1. The number of aldehydes is 1. The lowest BCUT2D eigenvalue weighted by atomic mass is 10.2. The van der Waals surface area contributed by atoms with Crippen molar-refractivity contribution in [2.75, 3.05) is 18.5 Å². The molecular formula is C14H19NO2. The fraction of sp³-hybridized carbons (Fsp3) is 0.357. The fourth-order valence-electron chi connectivity index (χ4n) is 1.44. The third-order valence-corrected chi connectivity index (χ3v) is 2.39. The van der Waals surface area contributed by atoms with Crippen molar-refractivity contribution < 1.29 is 9.53 Å². The van der Waals surface area contributed by atoms with Gasteiger partial charge in [0.05, 0.1) is 6.61 Å². The zero-order valence-electron chi connectivity index (χ0n) is 10.4. The van der Waals surface area contributed by atoms with Crippen LogP contribution in [0.1, 0.15) is 19.4 Å². The molecular weight excluding hydrogens is 214 g/mol. The second-order valence-electron chi connectivity index (χ2n) is 3.80. The Balaban J connectivity index is 2.63. The van der Waals surface area contributed by atoms with Crippen molar-refractivity contribution in [3.63, 3.8) is 0 Å². The van der Waals surface area contributed by atoms with Gasteiger partial charge in [-0.15, -0.1) is 0 Å². The van der Waals surface area contributed by atoms with Crippen LogP contribution in [0.2, 0.25) is 0 Å². The summed E-state index contributed by atoms with van der Waals surface area (Å²) < 4.78 is 5.40. The number of hydrogen-bond acceptors (Lipinski definition) is 3. The predicted octanol–water partition coefficient (Wildman–Crippen LogP) is 2.78. The Morgan fingerprint density at radius 1 is 1.41 bits per heavy atom. The van der Waals surface area contributed by atoms with Crippen molar-refractivity contribution in [2.45, 2.75) is 20.5 Å². The minimum Gasteiger partial charge on any atom is -0.381 e. The summed E-state index contributed by atoms with van der Waals surface area (Å²) in [7, 11) is 0. The van der Waals surface area contributed by atoms with Gasteiger partial charge in [0.2, 0.25) is 0 Å². The molecule has 0 unspecified atom stereocenters. The maximum absolute atomic E-state index is 10.3. The monoisotopic (exact) mass is 233 g/mol. The summed E-state index contributed by atoms with van der Waals surface area (Å²) in [6.07, 6.45) is 2.38. The van der Waals surface area contributed by atoms with Crippen LogP contribution in [0.4, 0.5) is 5.69 Å². The number of rotatable bonds is 7. The molecule has 1 aromatic rings. The summed E-state index contributed by atoms with van der Waals surface area (Å²) in [5.41, 5.74) is 3.19. The van der Waals surface area contributed by atoms with E-state index in [1.807, 2.05) is 38.1 Å². The molecule has 0 radical (unpaired) electrons. The topological polar surface area (TPSA) is 38.3 Å². The largest absolute Gasteiger partial charge is 0.381 e. The summed E-state index contributed by atoms with van der Waals surface area (Å²) in [6.45, 7) is 5.88. The highest BCUT2D eigenvalue weighted by atomic mass is 16.5. The van der Waals surface area contributed by atoms with E-state index in [2.05, 4.69) is 5.32 Å². The number of hydrogen-bond donors (Lipinski definition) is 1. The van der Waals surface area contributed by atoms with Crippen molar-refractivity contribution in [3.8, 4) is 0 Å². The van der Waals surface area contributed by atoms with Gasteiger partial charge in [-0.25, -0.2) is 0 Å². The molecule has 17 heavy (non-hydrogen) atoms. The Bertz CT molecular complexity index is 386. The molecule has 0 spiro atoms. The molecule has 0 saturated heterocycles. The van der Waals surface area contributed by atoms with Crippen LogP contribution in [0.3, 0.4) is 0 Å². The number of anilines is 1. The molecule has 1 aromatic carbocycles.